The fourth-order valence-corrected chi connectivity index (χ4v) is 1.47. The molecule has 2 aromatic rings. The Morgan fingerprint density at radius 3 is 2.81 bits per heavy atom. The van der Waals surface area contributed by atoms with Crippen LogP contribution in [-0.2, 0) is 6.54 Å². The minimum Gasteiger partial charge on any atom is -0.372 e. The Morgan fingerprint density at radius 1 is 1.31 bits per heavy atom. The Hall–Kier alpha value is -1.91. The van der Waals surface area contributed by atoms with Crippen molar-refractivity contribution in [3.05, 3.63) is 24.5 Å². The van der Waals surface area contributed by atoms with Gasteiger partial charge in [-0.25, -0.2) is 0 Å². The zero-order valence-corrected chi connectivity index (χ0v) is 9.51. The molecule has 5 heteroatoms. The van der Waals surface area contributed by atoms with Crippen LogP contribution in [0.25, 0.3) is 11.3 Å². The normalized spacial score (nSPS) is 10.4. The predicted octanol–water partition coefficient (Wildman–Crippen LogP) is 1.79. The van der Waals surface area contributed by atoms with Gasteiger partial charge in [0.15, 0.2) is 0 Å². The van der Waals surface area contributed by atoms with E-state index >= 15 is 0 Å². The molecule has 0 spiro atoms. The first-order valence-corrected chi connectivity index (χ1v) is 5.37. The minimum absolute atomic E-state index is 0.768. The van der Waals surface area contributed by atoms with Crippen LogP contribution in [0.15, 0.2) is 24.5 Å². The molecule has 0 radical (unpaired) electrons. The molecule has 0 bridgehead atoms. The van der Waals surface area contributed by atoms with E-state index in [-0.39, 0.29) is 0 Å². The molecule has 2 heterocycles. The average molecular weight is 217 g/mol. The summed E-state index contributed by atoms with van der Waals surface area (Å²) >= 11 is 0. The maximum atomic E-state index is 4.26. The van der Waals surface area contributed by atoms with Crippen LogP contribution in [0.4, 0.5) is 5.82 Å². The molecule has 0 aliphatic carbocycles. The van der Waals surface area contributed by atoms with Crippen molar-refractivity contribution in [1.82, 2.24) is 20.0 Å². The fraction of sp³-hybridized carbons (Fsp3) is 0.364. The molecule has 16 heavy (non-hydrogen) atoms. The number of rotatable bonds is 4. The molecule has 0 saturated heterocycles. The van der Waals surface area contributed by atoms with Crippen LogP contribution in [-0.4, -0.2) is 27.0 Å². The van der Waals surface area contributed by atoms with Gasteiger partial charge in [-0.05, 0) is 18.6 Å². The summed E-state index contributed by atoms with van der Waals surface area (Å²) in [5, 5.41) is 15.4. The standard InChI is InChI=1S/C11H15N5/c1-3-6-16-8-9(7-13-16)10-4-5-11(12-2)15-14-10/h4-5,7-8H,3,6H2,1-2H3,(H,12,15). The van der Waals surface area contributed by atoms with Crippen LogP contribution in [0.2, 0.25) is 0 Å². The van der Waals surface area contributed by atoms with Crippen molar-refractivity contribution in [3.8, 4) is 11.3 Å². The number of nitrogens with one attached hydrogen (secondary N) is 1. The third-order valence-electron chi connectivity index (χ3n) is 2.30. The summed E-state index contributed by atoms with van der Waals surface area (Å²) in [5.74, 6) is 0.768. The van der Waals surface area contributed by atoms with Gasteiger partial charge < -0.3 is 5.32 Å². The molecule has 2 rings (SSSR count). The van der Waals surface area contributed by atoms with Crippen molar-refractivity contribution in [2.75, 3.05) is 12.4 Å². The number of aromatic nitrogens is 4. The van der Waals surface area contributed by atoms with Gasteiger partial charge in [0.05, 0.1) is 11.9 Å². The van der Waals surface area contributed by atoms with E-state index in [1.807, 2.05) is 36.3 Å². The monoisotopic (exact) mass is 217 g/mol. The molecule has 0 fully saturated rings. The second kappa shape index (κ2) is 4.74. The molecule has 5 nitrogen and oxygen atoms in total. The minimum atomic E-state index is 0.768. The lowest BCUT2D eigenvalue weighted by Gasteiger charge is -1.98. The second-order valence-electron chi connectivity index (χ2n) is 3.55. The van der Waals surface area contributed by atoms with E-state index in [9.17, 15) is 0 Å². The van der Waals surface area contributed by atoms with E-state index in [2.05, 4.69) is 27.5 Å². The van der Waals surface area contributed by atoms with Gasteiger partial charge in [-0.2, -0.15) is 5.10 Å². The maximum Gasteiger partial charge on any atom is 0.148 e. The molecule has 0 aliphatic rings. The quantitative estimate of drug-likeness (QED) is 0.848. The number of hydrogen-bond donors (Lipinski definition) is 1. The molecule has 0 saturated carbocycles. The lowest BCUT2D eigenvalue weighted by atomic mass is 10.2. The highest BCUT2D eigenvalue weighted by atomic mass is 15.3. The van der Waals surface area contributed by atoms with Gasteiger partial charge in [-0.1, -0.05) is 6.92 Å². The molecule has 0 aliphatic heterocycles. The lowest BCUT2D eigenvalue weighted by Crippen LogP contribution is -1.96. The predicted molar refractivity (Wildman–Crippen MR) is 63.1 cm³/mol. The zero-order valence-electron chi connectivity index (χ0n) is 9.51. The molecule has 2 aromatic heterocycles. The Bertz CT molecular complexity index is 446. The van der Waals surface area contributed by atoms with Gasteiger partial charge in [0, 0.05) is 25.4 Å². The molecule has 0 atom stereocenters. The lowest BCUT2D eigenvalue weighted by molar-refractivity contribution is 0.603. The van der Waals surface area contributed by atoms with Crippen LogP contribution < -0.4 is 5.32 Å². The van der Waals surface area contributed by atoms with Gasteiger partial charge in [-0.15, -0.1) is 10.2 Å². The Morgan fingerprint density at radius 2 is 2.19 bits per heavy atom. The Balaban J connectivity index is 2.21. The summed E-state index contributed by atoms with van der Waals surface area (Å²) in [7, 11) is 1.82. The van der Waals surface area contributed by atoms with E-state index in [4.69, 9.17) is 0 Å². The molecular formula is C11H15N5. The first-order chi connectivity index (χ1) is 7.83. The number of aryl methyl sites for hydroxylation is 1. The molecule has 0 aromatic carbocycles. The largest absolute Gasteiger partial charge is 0.372 e. The van der Waals surface area contributed by atoms with Gasteiger partial charge in [0.2, 0.25) is 0 Å². The summed E-state index contributed by atoms with van der Waals surface area (Å²) in [6.45, 7) is 3.06. The maximum absolute atomic E-state index is 4.26. The highest BCUT2D eigenvalue weighted by Gasteiger charge is 2.03. The zero-order chi connectivity index (χ0) is 11.4. The van der Waals surface area contributed by atoms with Crippen molar-refractivity contribution < 1.29 is 0 Å². The van der Waals surface area contributed by atoms with Crippen molar-refractivity contribution in [2.24, 2.45) is 0 Å². The van der Waals surface area contributed by atoms with Crippen LogP contribution >= 0.6 is 0 Å². The third-order valence-corrected chi connectivity index (χ3v) is 2.30. The van der Waals surface area contributed by atoms with Crippen molar-refractivity contribution in [1.29, 1.82) is 0 Å². The summed E-state index contributed by atoms with van der Waals surface area (Å²) in [6, 6.07) is 3.84. The average Bonchev–Trinajstić information content (AvgIpc) is 2.78. The first-order valence-electron chi connectivity index (χ1n) is 5.37. The number of nitrogens with zero attached hydrogens (tertiary/aromatic N) is 4. The highest BCUT2D eigenvalue weighted by Crippen LogP contribution is 2.15. The van der Waals surface area contributed by atoms with E-state index in [1.165, 1.54) is 0 Å². The first kappa shape index (κ1) is 10.6. The Labute approximate surface area is 94.5 Å². The number of anilines is 1. The van der Waals surface area contributed by atoms with E-state index in [1.54, 1.807) is 0 Å². The van der Waals surface area contributed by atoms with Gasteiger partial charge in [0.25, 0.3) is 0 Å². The van der Waals surface area contributed by atoms with Gasteiger partial charge >= 0.3 is 0 Å². The third kappa shape index (κ3) is 2.18. The van der Waals surface area contributed by atoms with Crippen molar-refractivity contribution >= 4 is 5.82 Å². The number of hydrogen-bond acceptors (Lipinski definition) is 4. The van der Waals surface area contributed by atoms with E-state index in [0.717, 1.165) is 30.0 Å². The van der Waals surface area contributed by atoms with Gasteiger partial charge in [0.1, 0.15) is 5.82 Å². The van der Waals surface area contributed by atoms with Gasteiger partial charge in [-0.3, -0.25) is 4.68 Å². The smallest absolute Gasteiger partial charge is 0.148 e. The fourth-order valence-electron chi connectivity index (χ4n) is 1.47. The van der Waals surface area contributed by atoms with Crippen molar-refractivity contribution in [2.45, 2.75) is 19.9 Å². The van der Waals surface area contributed by atoms with Crippen LogP contribution in [0, 0.1) is 0 Å². The Kier molecular flexibility index (Phi) is 3.14. The van der Waals surface area contributed by atoms with Crippen LogP contribution in [0.5, 0.6) is 0 Å². The van der Waals surface area contributed by atoms with E-state index < -0.39 is 0 Å². The summed E-state index contributed by atoms with van der Waals surface area (Å²) in [6.07, 6.45) is 4.89. The molecule has 0 amide bonds. The van der Waals surface area contributed by atoms with E-state index in [0.29, 0.717) is 0 Å². The highest BCUT2D eigenvalue weighted by molar-refractivity contribution is 5.57. The SMILES string of the molecule is CCCn1cc(-c2ccc(NC)nn2)cn1. The topological polar surface area (TPSA) is 55.6 Å². The van der Waals surface area contributed by atoms with Crippen molar-refractivity contribution in [3.63, 3.8) is 0 Å². The molecule has 1 N–H and O–H groups in total. The molecular weight excluding hydrogens is 202 g/mol. The van der Waals surface area contributed by atoms with Crippen LogP contribution in [0.3, 0.4) is 0 Å². The summed E-state index contributed by atoms with van der Waals surface area (Å²) < 4.78 is 1.92. The molecule has 84 valence electrons. The second-order valence-corrected chi connectivity index (χ2v) is 3.55. The summed E-state index contributed by atoms with van der Waals surface area (Å²) in [4.78, 5) is 0. The summed E-state index contributed by atoms with van der Waals surface area (Å²) in [5.41, 5.74) is 1.85. The van der Waals surface area contributed by atoms with Crippen LogP contribution in [0.1, 0.15) is 13.3 Å². The molecule has 0 unspecified atom stereocenters.